The molecule has 0 aliphatic carbocycles. The van der Waals surface area contributed by atoms with Crippen molar-refractivity contribution in [2.24, 2.45) is 0 Å². The standard InChI is InChI=1S/C29H33F6N3O6/c1-28(2,3)44-23(39)15-37(26(40)29(33,34)35)25-21(43-16-17-8-5-4-6-9-17)13-20-19(24(25)32)12-18(38(20)27(41)42)14-36-11-7-10-22(30)31/h4-6,8-9,13,18,22,36H,7,10-12,14-16H2,1-3H3,(H,41,42)/t18-/m1/s1. The van der Waals surface area contributed by atoms with E-state index in [1.165, 1.54) is 20.8 Å². The zero-order valence-electron chi connectivity index (χ0n) is 24.2. The molecule has 0 saturated heterocycles. The highest BCUT2D eigenvalue weighted by molar-refractivity contribution is 6.03. The summed E-state index contributed by atoms with van der Waals surface area (Å²) in [7, 11) is 0. The van der Waals surface area contributed by atoms with Crippen molar-refractivity contribution in [2.75, 3.05) is 29.4 Å². The largest absolute Gasteiger partial charge is 0.487 e. The summed E-state index contributed by atoms with van der Waals surface area (Å²) in [5.41, 5.74) is -2.22. The van der Waals surface area contributed by atoms with E-state index in [0.717, 1.165) is 11.0 Å². The molecule has 0 spiro atoms. The van der Waals surface area contributed by atoms with E-state index in [1.807, 2.05) is 0 Å². The number of anilines is 2. The number of halogens is 6. The molecule has 242 valence electrons. The molecule has 0 aromatic heterocycles. The van der Waals surface area contributed by atoms with Gasteiger partial charge in [0.2, 0.25) is 6.43 Å². The second-order valence-electron chi connectivity index (χ2n) is 11.0. The molecule has 0 fully saturated rings. The monoisotopic (exact) mass is 633 g/mol. The van der Waals surface area contributed by atoms with E-state index < -0.39 is 66.0 Å². The first-order valence-corrected chi connectivity index (χ1v) is 13.6. The molecule has 2 aromatic carbocycles. The predicted octanol–water partition coefficient (Wildman–Crippen LogP) is 5.69. The number of carbonyl (C=O) groups excluding carboxylic acids is 2. The molecule has 0 radical (unpaired) electrons. The molecule has 1 aliphatic rings. The van der Waals surface area contributed by atoms with E-state index in [1.54, 1.807) is 30.3 Å². The zero-order chi connectivity index (χ0) is 32.8. The van der Waals surface area contributed by atoms with Gasteiger partial charge in [0, 0.05) is 24.6 Å². The Morgan fingerprint density at radius 2 is 1.80 bits per heavy atom. The average Bonchev–Trinajstić information content (AvgIpc) is 3.28. The maximum absolute atomic E-state index is 16.4. The zero-order valence-corrected chi connectivity index (χ0v) is 24.2. The van der Waals surface area contributed by atoms with Crippen LogP contribution in [-0.4, -0.2) is 67.0 Å². The topological polar surface area (TPSA) is 108 Å². The molecule has 2 N–H and O–H groups in total. The van der Waals surface area contributed by atoms with E-state index >= 15 is 4.39 Å². The molecule has 2 amide bonds. The molecular formula is C29H33F6N3O6. The number of ether oxygens (including phenoxy) is 2. The van der Waals surface area contributed by atoms with Crippen molar-refractivity contribution in [2.45, 2.75) is 70.9 Å². The molecule has 0 bridgehead atoms. The smallest absolute Gasteiger partial charge is 0.471 e. The molecule has 3 rings (SSSR count). The highest BCUT2D eigenvalue weighted by Gasteiger charge is 2.47. The lowest BCUT2D eigenvalue weighted by atomic mass is 10.1. The lowest BCUT2D eigenvalue weighted by Gasteiger charge is -2.28. The van der Waals surface area contributed by atoms with Gasteiger partial charge >= 0.3 is 24.1 Å². The van der Waals surface area contributed by atoms with Crippen LogP contribution in [0.15, 0.2) is 36.4 Å². The summed E-state index contributed by atoms with van der Waals surface area (Å²) < 4.78 is 93.5. The third kappa shape index (κ3) is 9.00. The summed E-state index contributed by atoms with van der Waals surface area (Å²) in [5, 5.41) is 12.8. The molecule has 1 heterocycles. The maximum atomic E-state index is 16.4. The Hall–Kier alpha value is -4.01. The second kappa shape index (κ2) is 14.2. The maximum Gasteiger partial charge on any atom is 0.471 e. The Bertz CT molecular complexity index is 1330. The van der Waals surface area contributed by atoms with Crippen LogP contribution in [0, 0.1) is 5.82 Å². The van der Waals surface area contributed by atoms with E-state index in [4.69, 9.17) is 9.47 Å². The van der Waals surface area contributed by atoms with Crippen molar-refractivity contribution in [3.63, 3.8) is 0 Å². The van der Waals surface area contributed by atoms with Crippen molar-refractivity contribution >= 4 is 29.3 Å². The van der Waals surface area contributed by atoms with Gasteiger partial charge in [-0.3, -0.25) is 19.4 Å². The van der Waals surface area contributed by atoms with Crippen LogP contribution in [0.3, 0.4) is 0 Å². The van der Waals surface area contributed by atoms with E-state index in [2.05, 4.69) is 5.32 Å². The molecular weight excluding hydrogens is 600 g/mol. The summed E-state index contributed by atoms with van der Waals surface area (Å²) in [5.74, 6) is -5.85. The van der Waals surface area contributed by atoms with Crippen LogP contribution in [0.5, 0.6) is 5.75 Å². The van der Waals surface area contributed by atoms with Gasteiger partial charge in [-0.15, -0.1) is 0 Å². The normalized spacial score (nSPS) is 14.9. The summed E-state index contributed by atoms with van der Waals surface area (Å²) in [6.07, 6.45) is -10.2. The van der Waals surface area contributed by atoms with Crippen LogP contribution in [0.4, 0.5) is 42.5 Å². The Balaban J connectivity index is 2.10. The molecule has 2 aromatic rings. The lowest BCUT2D eigenvalue weighted by Crippen LogP contribution is -2.46. The highest BCUT2D eigenvalue weighted by atomic mass is 19.4. The molecule has 1 atom stereocenters. The van der Waals surface area contributed by atoms with Crippen molar-refractivity contribution in [3.05, 3.63) is 53.3 Å². The Morgan fingerprint density at radius 3 is 2.36 bits per heavy atom. The molecule has 15 heteroatoms. The molecule has 0 unspecified atom stereocenters. The van der Waals surface area contributed by atoms with Crippen molar-refractivity contribution in [3.8, 4) is 5.75 Å². The van der Waals surface area contributed by atoms with E-state index in [0.29, 0.717) is 5.56 Å². The Labute approximate surface area is 249 Å². The van der Waals surface area contributed by atoms with E-state index in [9.17, 15) is 41.4 Å². The highest BCUT2D eigenvalue weighted by Crippen LogP contribution is 2.45. The Kier molecular flexibility index (Phi) is 11.1. The molecule has 0 saturated carbocycles. The van der Waals surface area contributed by atoms with Crippen molar-refractivity contribution in [1.29, 1.82) is 0 Å². The fraction of sp³-hybridized carbons (Fsp3) is 0.483. The third-order valence-electron chi connectivity index (χ3n) is 6.41. The Morgan fingerprint density at radius 1 is 1.14 bits per heavy atom. The quantitative estimate of drug-likeness (QED) is 0.176. The number of hydrogen-bond acceptors (Lipinski definition) is 6. The number of benzene rings is 2. The number of amides is 2. The van der Waals surface area contributed by atoms with Crippen molar-refractivity contribution in [1.82, 2.24) is 5.32 Å². The van der Waals surface area contributed by atoms with Gasteiger partial charge in [0.25, 0.3) is 0 Å². The van der Waals surface area contributed by atoms with Gasteiger partial charge in [-0.1, -0.05) is 30.3 Å². The summed E-state index contributed by atoms with van der Waals surface area (Å²) >= 11 is 0. The number of carbonyl (C=O) groups is 3. The van der Waals surface area contributed by atoms with Gasteiger partial charge in [-0.25, -0.2) is 18.0 Å². The first-order valence-electron chi connectivity index (χ1n) is 13.6. The minimum atomic E-state index is -5.54. The van der Waals surface area contributed by atoms with Crippen LogP contribution >= 0.6 is 0 Å². The number of hydrogen-bond donors (Lipinski definition) is 2. The fourth-order valence-corrected chi connectivity index (χ4v) is 4.65. The number of fused-ring (bicyclic) bond motifs is 1. The average molecular weight is 634 g/mol. The first-order chi connectivity index (χ1) is 20.5. The molecule has 1 aliphatic heterocycles. The summed E-state index contributed by atoms with van der Waals surface area (Å²) in [4.78, 5) is 38.2. The van der Waals surface area contributed by atoms with Gasteiger partial charge in [0.05, 0.1) is 11.7 Å². The predicted molar refractivity (Wildman–Crippen MR) is 148 cm³/mol. The van der Waals surface area contributed by atoms with Crippen LogP contribution in [0.2, 0.25) is 0 Å². The minimum absolute atomic E-state index is 0.0829. The summed E-state index contributed by atoms with van der Waals surface area (Å²) in [6, 6.07) is 8.25. The summed E-state index contributed by atoms with van der Waals surface area (Å²) in [6.45, 7) is 2.73. The number of alkyl halides is 5. The van der Waals surface area contributed by atoms with Crippen LogP contribution in [0.1, 0.15) is 44.7 Å². The third-order valence-corrected chi connectivity index (χ3v) is 6.41. The number of nitrogens with one attached hydrogen (secondary N) is 1. The number of esters is 1. The lowest BCUT2D eigenvalue weighted by molar-refractivity contribution is -0.171. The SMILES string of the molecule is CC(C)(C)OC(=O)CN(C(=O)C(F)(F)F)c1c(OCc2ccccc2)cc2c(c1F)C[C@H](CNCCCC(F)F)N2C(=O)O. The van der Waals surface area contributed by atoms with E-state index in [-0.39, 0.29) is 55.1 Å². The number of carboxylic acid groups (broad SMARTS) is 1. The first kappa shape index (κ1) is 34.5. The molecule has 44 heavy (non-hydrogen) atoms. The van der Waals surface area contributed by atoms with Gasteiger partial charge in [0.15, 0.2) is 5.82 Å². The van der Waals surface area contributed by atoms with Gasteiger partial charge in [0.1, 0.15) is 30.2 Å². The number of rotatable bonds is 12. The van der Waals surface area contributed by atoms with Crippen molar-refractivity contribution < 1.29 is 55.3 Å². The van der Waals surface area contributed by atoms with Gasteiger partial charge < -0.3 is 19.9 Å². The van der Waals surface area contributed by atoms with Crippen LogP contribution in [-0.2, 0) is 27.4 Å². The second-order valence-corrected chi connectivity index (χ2v) is 11.0. The van der Waals surface area contributed by atoms with Crippen LogP contribution in [0.25, 0.3) is 0 Å². The minimum Gasteiger partial charge on any atom is -0.487 e. The van der Waals surface area contributed by atoms with Crippen LogP contribution < -0.4 is 19.9 Å². The van der Waals surface area contributed by atoms with Gasteiger partial charge in [-0.2, -0.15) is 13.2 Å². The van der Waals surface area contributed by atoms with Gasteiger partial charge in [-0.05, 0) is 45.7 Å². The molecule has 9 nitrogen and oxygen atoms in total. The fourth-order valence-electron chi connectivity index (χ4n) is 4.65. The number of nitrogens with zero attached hydrogens (tertiary/aromatic N) is 2.